The number of rotatable bonds is 9. The standard InChI is InChI=1S/C22H35ClO4Si/c1-15(2)28(16(3)4,17(5)6)11-10-18-19(13-27-14-24-7)21(25-8)12-20(23)22(18)26-9/h12,15-17H,13-14H2,1-9H3. The molecule has 0 saturated heterocycles. The van der Waals surface area contributed by atoms with Gasteiger partial charge in [0.1, 0.15) is 20.6 Å². The maximum absolute atomic E-state index is 6.46. The molecule has 0 radical (unpaired) electrons. The van der Waals surface area contributed by atoms with Gasteiger partial charge in [0.15, 0.2) is 5.75 Å². The van der Waals surface area contributed by atoms with Gasteiger partial charge < -0.3 is 18.9 Å². The Morgan fingerprint density at radius 1 is 0.964 bits per heavy atom. The minimum Gasteiger partial charge on any atom is -0.496 e. The molecule has 0 fully saturated rings. The van der Waals surface area contributed by atoms with Gasteiger partial charge >= 0.3 is 0 Å². The van der Waals surface area contributed by atoms with E-state index in [1.807, 2.05) is 0 Å². The molecule has 1 aromatic rings. The molecule has 0 amide bonds. The van der Waals surface area contributed by atoms with Crippen LogP contribution in [0.15, 0.2) is 6.07 Å². The molecule has 0 spiro atoms. The van der Waals surface area contributed by atoms with E-state index in [0.717, 1.165) is 11.1 Å². The fourth-order valence-corrected chi connectivity index (χ4v) is 9.61. The Morgan fingerprint density at radius 2 is 1.54 bits per heavy atom. The number of halogens is 1. The van der Waals surface area contributed by atoms with E-state index in [1.165, 1.54) is 0 Å². The van der Waals surface area contributed by atoms with Gasteiger partial charge in [0, 0.05) is 18.7 Å². The Labute approximate surface area is 176 Å². The quantitative estimate of drug-likeness (QED) is 0.208. The van der Waals surface area contributed by atoms with E-state index in [1.54, 1.807) is 27.4 Å². The molecule has 0 unspecified atom stereocenters. The van der Waals surface area contributed by atoms with Crippen molar-refractivity contribution in [3.63, 3.8) is 0 Å². The molecular formula is C22H35ClO4Si. The Morgan fingerprint density at radius 3 is 1.96 bits per heavy atom. The van der Waals surface area contributed by atoms with E-state index < -0.39 is 8.07 Å². The van der Waals surface area contributed by atoms with Crippen molar-refractivity contribution in [3.8, 4) is 23.0 Å². The van der Waals surface area contributed by atoms with Gasteiger partial charge in [-0.15, -0.1) is 5.54 Å². The second-order valence-electron chi connectivity index (χ2n) is 7.85. The first-order valence-corrected chi connectivity index (χ1v) is 12.3. The average molecular weight is 427 g/mol. The summed E-state index contributed by atoms with van der Waals surface area (Å²) in [4.78, 5) is 0. The normalized spacial score (nSPS) is 11.8. The van der Waals surface area contributed by atoms with Crippen LogP contribution in [-0.4, -0.2) is 36.2 Å². The van der Waals surface area contributed by atoms with Crippen LogP contribution in [0.3, 0.4) is 0 Å². The van der Waals surface area contributed by atoms with Crippen LogP contribution in [-0.2, 0) is 16.1 Å². The van der Waals surface area contributed by atoms with Crippen LogP contribution >= 0.6 is 11.6 Å². The number of benzene rings is 1. The molecule has 1 rings (SSSR count). The smallest absolute Gasteiger partial charge is 0.153 e. The molecule has 158 valence electrons. The van der Waals surface area contributed by atoms with Gasteiger partial charge in [0.2, 0.25) is 0 Å². The van der Waals surface area contributed by atoms with E-state index in [2.05, 4.69) is 53.0 Å². The summed E-state index contributed by atoms with van der Waals surface area (Å²) < 4.78 is 21.8. The minimum atomic E-state index is -1.92. The van der Waals surface area contributed by atoms with E-state index >= 15 is 0 Å². The van der Waals surface area contributed by atoms with Crippen molar-refractivity contribution in [2.75, 3.05) is 28.1 Å². The number of methoxy groups -OCH3 is 3. The highest BCUT2D eigenvalue weighted by atomic mass is 35.5. The second kappa shape index (κ2) is 11.1. The van der Waals surface area contributed by atoms with Gasteiger partial charge in [-0.25, -0.2) is 0 Å². The third kappa shape index (κ3) is 5.24. The summed E-state index contributed by atoms with van der Waals surface area (Å²) in [5.74, 6) is 4.66. The summed E-state index contributed by atoms with van der Waals surface area (Å²) in [6, 6.07) is 1.75. The van der Waals surface area contributed by atoms with Crippen LogP contribution in [0.5, 0.6) is 11.5 Å². The van der Waals surface area contributed by atoms with Crippen LogP contribution in [0, 0.1) is 11.5 Å². The fourth-order valence-electron chi connectivity index (χ4n) is 4.14. The molecule has 0 aliphatic heterocycles. The van der Waals surface area contributed by atoms with Gasteiger partial charge in [-0.2, -0.15) is 0 Å². The molecule has 0 aliphatic rings. The van der Waals surface area contributed by atoms with Crippen LogP contribution in [0.4, 0.5) is 0 Å². The van der Waals surface area contributed by atoms with Crippen molar-refractivity contribution in [1.29, 1.82) is 0 Å². The van der Waals surface area contributed by atoms with Gasteiger partial charge in [-0.05, 0) is 16.6 Å². The molecule has 0 heterocycles. The van der Waals surface area contributed by atoms with Crippen molar-refractivity contribution in [2.45, 2.75) is 64.8 Å². The maximum Gasteiger partial charge on any atom is 0.153 e. The Kier molecular flexibility index (Phi) is 9.86. The summed E-state index contributed by atoms with van der Waals surface area (Å²) >= 11 is 6.46. The molecule has 4 nitrogen and oxygen atoms in total. The lowest BCUT2D eigenvalue weighted by Gasteiger charge is -2.38. The van der Waals surface area contributed by atoms with E-state index in [0.29, 0.717) is 39.8 Å². The monoisotopic (exact) mass is 426 g/mol. The fraction of sp³-hybridized carbons (Fsp3) is 0.636. The van der Waals surface area contributed by atoms with Crippen molar-refractivity contribution in [1.82, 2.24) is 0 Å². The Balaban J connectivity index is 3.70. The molecule has 28 heavy (non-hydrogen) atoms. The summed E-state index contributed by atoms with van der Waals surface area (Å²) in [5, 5.41) is 0.477. The Bertz CT molecular complexity index is 683. The molecule has 0 aromatic heterocycles. The molecular weight excluding hydrogens is 392 g/mol. The van der Waals surface area contributed by atoms with Crippen LogP contribution in [0.25, 0.3) is 0 Å². The molecule has 0 N–H and O–H groups in total. The first kappa shape index (κ1) is 24.8. The van der Waals surface area contributed by atoms with Crippen molar-refractivity contribution >= 4 is 19.7 Å². The third-order valence-corrected chi connectivity index (χ3v) is 12.0. The zero-order chi connectivity index (χ0) is 21.5. The highest BCUT2D eigenvalue weighted by molar-refractivity contribution is 6.90. The molecule has 0 saturated carbocycles. The lowest BCUT2D eigenvalue weighted by Crippen LogP contribution is -2.43. The van der Waals surface area contributed by atoms with Gasteiger partial charge in [0.25, 0.3) is 0 Å². The summed E-state index contributed by atoms with van der Waals surface area (Å²) in [7, 11) is 2.90. The zero-order valence-electron chi connectivity index (χ0n) is 18.7. The third-order valence-electron chi connectivity index (χ3n) is 5.44. The van der Waals surface area contributed by atoms with Gasteiger partial charge in [-0.3, -0.25) is 0 Å². The number of hydrogen-bond donors (Lipinski definition) is 0. The molecule has 0 bridgehead atoms. The predicted molar refractivity (Wildman–Crippen MR) is 119 cm³/mol. The topological polar surface area (TPSA) is 36.9 Å². The first-order valence-electron chi connectivity index (χ1n) is 9.70. The highest BCUT2D eigenvalue weighted by Crippen LogP contribution is 2.42. The van der Waals surface area contributed by atoms with E-state index in [4.69, 9.17) is 30.5 Å². The predicted octanol–water partition coefficient (Wildman–Crippen LogP) is 6.05. The molecule has 0 aliphatic carbocycles. The first-order chi connectivity index (χ1) is 13.2. The summed E-state index contributed by atoms with van der Waals surface area (Å²) in [5.41, 5.74) is 6.89. The largest absolute Gasteiger partial charge is 0.496 e. The van der Waals surface area contributed by atoms with Crippen molar-refractivity contribution in [3.05, 3.63) is 22.2 Å². The Hall–Kier alpha value is -1.19. The maximum atomic E-state index is 6.46. The SMILES string of the molecule is COCOCc1c(OC)cc(Cl)c(OC)c1C#C[Si](C(C)C)(C(C)C)C(C)C. The summed E-state index contributed by atoms with van der Waals surface area (Å²) in [6.07, 6.45) is 0. The number of hydrogen-bond acceptors (Lipinski definition) is 4. The van der Waals surface area contributed by atoms with Crippen LogP contribution in [0.2, 0.25) is 21.6 Å². The molecule has 1 aromatic carbocycles. The van der Waals surface area contributed by atoms with Crippen molar-refractivity contribution < 1.29 is 18.9 Å². The van der Waals surface area contributed by atoms with Crippen LogP contribution in [0.1, 0.15) is 52.7 Å². The highest BCUT2D eigenvalue weighted by Gasteiger charge is 2.41. The van der Waals surface area contributed by atoms with Crippen molar-refractivity contribution in [2.24, 2.45) is 0 Å². The molecule has 6 heteroatoms. The second-order valence-corrected chi connectivity index (χ2v) is 13.8. The lowest BCUT2D eigenvalue weighted by atomic mass is 10.1. The van der Waals surface area contributed by atoms with E-state index in [9.17, 15) is 0 Å². The van der Waals surface area contributed by atoms with Gasteiger partial charge in [-0.1, -0.05) is 59.1 Å². The molecule has 0 atom stereocenters. The lowest BCUT2D eigenvalue weighted by molar-refractivity contribution is -0.0396. The minimum absolute atomic E-state index is 0.184. The average Bonchev–Trinajstić information content (AvgIpc) is 2.62. The van der Waals surface area contributed by atoms with E-state index in [-0.39, 0.29) is 6.79 Å². The zero-order valence-corrected chi connectivity index (χ0v) is 20.5. The number of ether oxygens (including phenoxy) is 4. The summed E-state index contributed by atoms with van der Waals surface area (Å²) in [6.45, 7) is 14.2. The van der Waals surface area contributed by atoms with Gasteiger partial charge in [0.05, 0.1) is 31.4 Å². The van der Waals surface area contributed by atoms with Crippen LogP contribution < -0.4 is 9.47 Å².